The number of rotatable bonds is 5. The van der Waals surface area contributed by atoms with Crippen molar-refractivity contribution in [2.45, 2.75) is 38.6 Å². The summed E-state index contributed by atoms with van der Waals surface area (Å²) >= 11 is 0. The number of aliphatic imine (C=N–C) groups is 1. The van der Waals surface area contributed by atoms with E-state index in [4.69, 9.17) is 4.74 Å². The molecule has 2 saturated heterocycles. The molecule has 5 nitrogen and oxygen atoms in total. The molecule has 0 saturated carbocycles. The molecule has 2 fully saturated rings. The molecule has 2 aliphatic heterocycles. The molecule has 0 bridgehead atoms. The summed E-state index contributed by atoms with van der Waals surface area (Å²) in [5.41, 5.74) is 0. The van der Waals surface area contributed by atoms with Gasteiger partial charge >= 0.3 is 0 Å². The SMILES string of the molecule is CN=C(NCC1CCCN1CCOC)N1CCCC(C)C1. The van der Waals surface area contributed by atoms with Crippen molar-refractivity contribution in [1.82, 2.24) is 15.1 Å². The van der Waals surface area contributed by atoms with E-state index in [1.807, 2.05) is 7.05 Å². The van der Waals surface area contributed by atoms with Gasteiger partial charge < -0.3 is 15.0 Å². The maximum atomic E-state index is 5.21. The minimum atomic E-state index is 0.624. The third-order valence-electron chi connectivity index (χ3n) is 4.75. The molecule has 2 atom stereocenters. The largest absolute Gasteiger partial charge is 0.383 e. The van der Waals surface area contributed by atoms with Crippen molar-refractivity contribution in [1.29, 1.82) is 0 Å². The van der Waals surface area contributed by atoms with Crippen LogP contribution >= 0.6 is 0 Å². The minimum Gasteiger partial charge on any atom is -0.383 e. The maximum Gasteiger partial charge on any atom is 0.193 e. The number of nitrogens with zero attached hydrogens (tertiary/aromatic N) is 3. The second kappa shape index (κ2) is 8.59. The Kier molecular flexibility index (Phi) is 6.77. The molecule has 0 aromatic carbocycles. The predicted octanol–water partition coefficient (Wildman–Crippen LogP) is 1.40. The van der Waals surface area contributed by atoms with Gasteiger partial charge in [0.05, 0.1) is 6.61 Å². The second-order valence-electron chi connectivity index (χ2n) is 6.45. The van der Waals surface area contributed by atoms with Crippen molar-refractivity contribution in [3.05, 3.63) is 0 Å². The van der Waals surface area contributed by atoms with Crippen LogP contribution < -0.4 is 5.32 Å². The molecule has 0 radical (unpaired) electrons. The van der Waals surface area contributed by atoms with Crippen LogP contribution in [0.4, 0.5) is 0 Å². The summed E-state index contributed by atoms with van der Waals surface area (Å²) in [5, 5.41) is 3.60. The van der Waals surface area contributed by atoms with Gasteiger partial charge in [-0.3, -0.25) is 9.89 Å². The van der Waals surface area contributed by atoms with Gasteiger partial charge in [0.15, 0.2) is 5.96 Å². The number of nitrogens with one attached hydrogen (secondary N) is 1. The summed E-state index contributed by atoms with van der Waals surface area (Å²) in [6.45, 7) is 8.69. The zero-order valence-electron chi connectivity index (χ0n) is 14.0. The normalized spacial score (nSPS) is 28.1. The molecule has 5 heteroatoms. The van der Waals surface area contributed by atoms with Crippen LogP contribution in [0.15, 0.2) is 4.99 Å². The van der Waals surface area contributed by atoms with Crippen molar-refractivity contribution in [3.63, 3.8) is 0 Å². The third-order valence-corrected chi connectivity index (χ3v) is 4.75. The lowest BCUT2D eigenvalue weighted by Crippen LogP contribution is -2.49. The second-order valence-corrected chi connectivity index (χ2v) is 6.45. The van der Waals surface area contributed by atoms with Crippen molar-refractivity contribution in [2.24, 2.45) is 10.9 Å². The first-order valence-corrected chi connectivity index (χ1v) is 8.43. The van der Waals surface area contributed by atoms with Crippen molar-refractivity contribution >= 4 is 5.96 Å². The van der Waals surface area contributed by atoms with E-state index < -0.39 is 0 Å². The number of piperidine rings is 1. The molecular weight excluding hydrogens is 264 g/mol. The number of likely N-dealkylation sites (tertiary alicyclic amines) is 2. The Morgan fingerprint density at radius 1 is 1.29 bits per heavy atom. The van der Waals surface area contributed by atoms with Crippen LogP contribution in [0.1, 0.15) is 32.6 Å². The Labute approximate surface area is 129 Å². The quantitative estimate of drug-likeness (QED) is 0.615. The molecule has 0 amide bonds. The molecule has 0 aromatic rings. The minimum absolute atomic E-state index is 0.624. The van der Waals surface area contributed by atoms with Gasteiger partial charge in [-0.2, -0.15) is 0 Å². The summed E-state index contributed by atoms with van der Waals surface area (Å²) < 4.78 is 5.21. The summed E-state index contributed by atoms with van der Waals surface area (Å²) in [6.07, 6.45) is 5.21. The topological polar surface area (TPSA) is 40.1 Å². The first kappa shape index (κ1) is 16.6. The summed E-state index contributed by atoms with van der Waals surface area (Å²) in [7, 11) is 3.68. The molecule has 122 valence electrons. The number of hydrogen-bond donors (Lipinski definition) is 1. The fourth-order valence-electron chi connectivity index (χ4n) is 3.55. The van der Waals surface area contributed by atoms with Crippen LogP contribution in [0.25, 0.3) is 0 Å². The molecule has 21 heavy (non-hydrogen) atoms. The molecule has 0 aromatic heterocycles. The first-order valence-electron chi connectivity index (χ1n) is 8.43. The van der Waals surface area contributed by atoms with Gasteiger partial charge in [0.1, 0.15) is 0 Å². The van der Waals surface area contributed by atoms with E-state index >= 15 is 0 Å². The summed E-state index contributed by atoms with van der Waals surface area (Å²) in [4.78, 5) is 9.45. The van der Waals surface area contributed by atoms with Crippen LogP contribution in [0.3, 0.4) is 0 Å². The van der Waals surface area contributed by atoms with E-state index in [1.54, 1.807) is 7.11 Å². The van der Waals surface area contributed by atoms with Crippen molar-refractivity contribution in [3.8, 4) is 0 Å². The Bertz CT molecular complexity index is 334. The van der Waals surface area contributed by atoms with Gasteiger partial charge in [0.2, 0.25) is 0 Å². The van der Waals surface area contributed by atoms with E-state index in [1.165, 1.54) is 32.2 Å². The van der Waals surface area contributed by atoms with Crippen LogP contribution in [0.5, 0.6) is 0 Å². The summed E-state index contributed by atoms with van der Waals surface area (Å²) in [6, 6.07) is 0.624. The molecule has 2 aliphatic rings. The van der Waals surface area contributed by atoms with Gasteiger partial charge in [0, 0.05) is 46.4 Å². The van der Waals surface area contributed by atoms with Crippen LogP contribution in [-0.2, 0) is 4.74 Å². The van der Waals surface area contributed by atoms with Crippen LogP contribution in [0.2, 0.25) is 0 Å². The Hall–Kier alpha value is -0.810. The smallest absolute Gasteiger partial charge is 0.193 e. The highest BCUT2D eigenvalue weighted by atomic mass is 16.5. The fourth-order valence-corrected chi connectivity index (χ4v) is 3.55. The highest BCUT2D eigenvalue weighted by Gasteiger charge is 2.25. The predicted molar refractivity (Wildman–Crippen MR) is 87.8 cm³/mol. The Morgan fingerprint density at radius 2 is 2.10 bits per heavy atom. The molecule has 2 heterocycles. The third kappa shape index (κ3) is 4.85. The number of hydrogen-bond acceptors (Lipinski definition) is 3. The van der Waals surface area contributed by atoms with Gasteiger partial charge in [0.25, 0.3) is 0 Å². The molecule has 0 aliphatic carbocycles. The fraction of sp³-hybridized carbons (Fsp3) is 0.938. The van der Waals surface area contributed by atoms with Crippen molar-refractivity contribution in [2.75, 3.05) is 53.5 Å². The highest BCUT2D eigenvalue weighted by Crippen LogP contribution is 2.17. The Morgan fingerprint density at radius 3 is 2.81 bits per heavy atom. The highest BCUT2D eigenvalue weighted by molar-refractivity contribution is 5.80. The van der Waals surface area contributed by atoms with Gasteiger partial charge in [-0.15, -0.1) is 0 Å². The molecule has 2 rings (SSSR count). The standard InChI is InChI=1S/C16H32N4O/c1-14-6-4-9-20(13-14)16(17-2)18-12-15-7-5-8-19(15)10-11-21-3/h14-15H,4-13H2,1-3H3,(H,17,18). The maximum absolute atomic E-state index is 5.21. The van der Waals surface area contributed by atoms with E-state index in [0.29, 0.717) is 6.04 Å². The molecule has 1 N–H and O–H groups in total. The summed E-state index contributed by atoms with van der Waals surface area (Å²) in [5.74, 6) is 1.86. The molecule has 0 spiro atoms. The number of methoxy groups -OCH3 is 1. The van der Waals surface area contributed by atoms with E-state index in [0.717, 1.165) is 44.7 Å². The van der Waals surface area contributed by atoms with E-state index in [2.05, 4.69) is 27.0 Å². The molecular formula is C16H32N4O. The van der Waals surface area contributed by atoms with Crippen LogP contribution in [0, 0.1) is 5.92 Å². The van der Waals surface area contributed by atoms with Crippen molar-refractivity contribution < 1.29 is 4.74 Å². The van der Waals surface area contributed by atoms with Crippen LogP contribution in [-0.4, -0.2) is 75.3 Å². The first-order chi connectivity index (χ1) is 10.2. The Balaban J connectivity index is 1.79. The number of guanidine groups is 1. The van der Waals surface area contributed by atoms with Gasteiger partial charge in [-0.05, 0) is 38.1 Å². The average Bonchev–Trinajstić information content (AvgIpc) is 2.93. The monoisotopic (exact) mass is 296 g/mol. The lowest BCUT2D eigenvalue weighted by atomic mass is 10.0. The lowest BCUT2D eigenvalue weighted by Gasteiger charge is -2.34. The lowest BCUT2D eigenvalue weighted by molar-refractivity contribution is 0.141. The van der Waals surface area contributed by atoms with Gasteiger partial charge in [-0.25, -0.2) is 0 Å². The average molecular weight is 296 g/mol. The zero-order valence-corrected chi connectivity index (χ0v) is 14.0. The molecule has 2 unspecified atom stereocenters. The van der Waals surface area contributed by atoms with E-state index in [9.17, 15) is 0 Å². The van der Waals surface area contributed by atoms with E-state index in [-0.39, 0.29) is 0 Å². The zero-order chi connectivity index (χ0) is 15.1. The number of ether oxygens (including phenoxy) is 1. The van der Waals surface area contributed by atoms with Gasteiger partial charge in [-0.1, -0.05) is 6.92 Å².